The van der Waals surface area contributed by atoms with Crippen molar-refractivity contribution in [1.29, 1.82) is 0 Å². The third kappa shape index (κ3) is 4.62. The molecule has 0 heterocycles. The quantitative estimate of drug-likeness (QED) is 0.528. The molecule has 76 valence electrons. The first-order chi connectivity index (χ1) is 6.75. The van der Waals surface area contributed by atoms with E-state index in [0.29, 0.717) is 6.04 Å². The summed E-state index contributed by atoms with van der Waals surface area (Å²) in [6, 6.07) is 8.86. The zero-order valence-electron chi connectivity index (χ0n) is 9.96. The molecular formula is C13H18LiN. The first-order valence-corrected chi connectivity index (χ1v) is 4.99. The molecule has 1 N–H and O–H groups in total. The van der Waals surface area contributed by atoms with E-state index < -0.39 is 0 Å². The Labute approximate surface area is 105 Å². The normalized spacial score (nSPS) is 12.4. The summed E-state index contributed by atoms with van der Waals surface area (Å²) < 4.78 is 0. The van der Waals surface area contributed by atoms with E-state index in [9.17, 15) is 0 Å². The summed E-state index contributed by atoms with van der Waals surface area (Å²) in [7, 11) is 0. The maximum atomic E-state index is 3.65. The minimum Gasteiger partial charge on any atom is -0.323 e. The van der Waals surface area contributed by atoms with Gasteiger partial charge in [-0.05, 0) is 25.0 Å². The van der Waals surface area contributed by atoms with E-state index in [1.165, 1.54) is 11.1 Å². The van der Waals surface area contributed by atoms with E-state index >= 15 is 0 Å². The molecule has 1 rings (SSSR count). The Bertz CT molecular complexity index is 307. The zero-order chi connectivity index (χ0) is 10.4. The van der Waals surface area contributed by atoms with Gasteiger partial charge in [0.15, 0.2) is 0 Å². The fourth-order valence-corrected chi connectivity index (χ4v) is 1.51. The number of benzene rings is 1. The van der Waals surface area contributed by atoms with Crippen molar-refractivity contribution in [1.82, 2.24) is 5.32 Å². The topological polar surface area (TPSA) is 12.0 Å². The molecular weight excluding hydrogens is 177 g/mol. The molecule has 0 aliphatic rings. The second-order valence-electron chi connectivity index (χ2n) is 3.46. The van der Waals surface area contributed by atoms with Crippen molar-refractivity contribution in [2.24, 2.45) is 0 Å². The fourth-order valence-electron chi connectivity index (χ4n) is 1.51. The predicted molar refractivity (Wildman–Crippen MR) is 62.1 cm³/mol. The maximum Gasteiger partial charge on any atom is 1.00 e. The van der Waals surface area contributed by atoms with Crippen LogP contribution in [0.15, 0.2) is 36.4 Å². The molecule has 1 aromatic carbocycles. The van der Waals surface area contributed by atoms with Crippen LogP contribution in [0, 0.1) is 13.8 Å². The SMILES string of the molecule is [CH2-]C=CCNC(C)c1ccccc1C.[Li+]. The molecule has 1 atom stereocenters. The molecule has 0 aromatic heterocycles. The Hall–Kier alpha value is -0.613. The van der Waals surface area contributed by atoms with E-state index in [1.807, 2.05) is 12.2 Å². The van der Waals surface area contributed by atoms with E-state index in [2.05, 4.69) is 50.4 Å². The fraction of sp³-hybridized carbons (Fsp3) is 0.308. The number of rotatable bonds is 4. The first-order valence-electron chi connectivity index (χ1n) is 4.99. The van der Waals surface area contributed by atoms with Crippen LogP contribution >= 0.6 is 0 Å². The van der Waals surface area contributed by atoms with Gasteiger partial charge in [0.05, 0.1) is 0 Å². The van der Waals surface area contributed by atoms with Gasteiger partial charge in [-0.25, -0.2) is 19.1 Å². The minimum absolute atomic E-state index is 0. The second-order valence-corrected chi connectivity index (χ2v) is 3.46. The Morgan fingerprint density at radius 3 is 2.67 bits per heavy atom. The molecule has 1 nitrogen and oxygen atoms in total. The summed E-state index contributed by atoms with van der Waals surface area (Å²) in [6.07, 6.45) is 3.84. The molecule has 15 heavy (non-hydrogen) atoms. The van der Waals surface area contributed by atoms with Crippen molar-refractivity contribution >= 4 is 0 Å². The minimum atomic E-state index is 0. The average molecular weight is 195 g/mol. The summed E-state index contributed by atoms with van der Waals surface area (Å²) >= 11 is 0. The largest absolute Gasteiger partial charge is 1.00 e. The van der Waals surface area contributed by atoms with Gasteiger partial charge in [-0.2, -0.15) is 0 Å². The molecule has 0 spiro atoms. The van der Waals surface area contributed by atoms with Crippen LogP contribution in [0.2, 0.25) is 0 Å². The van der Waals surface area contributed by atoms with Gasteiger partial charge in [0.25, 0.3) is 0 Å². The van der Waals surface area contributed by atoms with Gasteiger partial charge in [-0.15, -0.1) is 0 Å². The zero-order valence-corrected chi connectivity index (χ0v) is 9.96. The number of allylic oxidation sites excluding steroid dienone is 1. The maximum absolute atomic E-state index is 3.65. The van der Waals surface area contributed by atoms with Crippen LogP contribution in [0.1, 0.15) is 24.1 Å². The molecule has 1 aromatic rings. The molecule has 0 saturated heterocycles. The number of hydrogen-bond acceptors (Lipinski definition) is 1. The molecule has 0 saturated carbocycles. The van der Waals surface area contributed by atoms with Crippen molar-refractivity contribution in [3.05, 3.63) is 54.5 Å². The van der Waals surface area contributed by atoms with Gasteiger partial charge in [-0.1, -0.05) is 30.8 Å². The van der Waals surface area contributed by atoms with Crippen LogP contribution in [-0.2, 0) is 0 Å². The molecule has 0 amide bonds. The Kier molecular flexibility index (Phi) is 7.34. The average Bonchev–Trinajstić information content (AvgIpc) is 2.18. The molecule has 0 aliphatic heterocycles. The Morgan fingerprint density at radius 1 is 1.40 bits per heavy atom. The molecule has 2 heteroatoms. The van der Waals surface area contributed by atoms with Crippen LogP contribution < -0.4 is 24.2 Å². The third-order valence-corrected chi connectivity index (χ3v) is 2.36. The van der Waals surface area contributed by atoms with Gasteiger partial charge in [0.1, 0.15) is 0 Å². The van der Waals surface area contributed by atoms with Crippen molar-refractivity contribution in [2.75, 3.05) is 6.54 Å². The summed E-state index contributed by atoms with van der Waals surface area (Å²) in [5, 5.41) is 3.41. The molecule has 0 radical (unpaired) electrons. The Morgan fingerprint density at radius 2 is 2.07 bits per heavy atom. The van der Waals surface area contributed by atoms with E-state index in [4.69, 9.17) is 0 Å². The molecule has 0 bridgehead atoms. The van der Waals surface area contributed by atoms with Gasteiger partial charge >= 0.3 is 18.9 Å². The van der Waals surface area contributed by atoms with Crippen LogP contribution in [0.25, 0.3) is 0 Å². The second kappa shape index (κ2) is 7.65. The van der Waals surface area contributed by atoms with Gasteiger partial charge < -0.3 is 5.32 Å². The predicted octanol–water partition coefficient (Wildman–Crippen LogP) is 0.0399. The van der Waals surface area contributed by atoms with Gasteiger partial charge in [0, 0.05) is 6.04 Å². The third-order valence-electron chi connectivity index (χ3n) is 2.36. The van der Waals surface area contributed by atoms with E-state index in [-0.39, 0.29) is 18.9 Å². The first kappa shape index (κ1) is 14.4. The van der Waals surface area contributed by atoms with Crippen LogP contribution in [0.4, 0.5) is 0 Å². The van der Waals surface area contributed by atoms with E-state index in [0.717, 1.165) is 6.54 Å². The standard InChI is InChI=1S/C13H18N.Li/c1-4-5-10-14-12(3)13-9-7-6-8-11(13)2;/h4-9,12,14H,1,10H2,2-3H3;/q-1;+1. The summed E-state index contributed by atoms with van der Waals surface area (Å²) in [4.78, 5) is 0. The van der Waals surface area contributed by atoms with Gasteiger partial charge in [0.2, 0.25) is 0 Å². The molecule has 1 unspecified atom stereocenters. The number of hydrogen-bond donors (Lipinski definition) is 1. The van der Waals surface area contributed by atoms with Gasteiger partial charge in [-0.3, -0.25) is 0 Å². The summed E-state index contributed by atoms with van der Waals surface area (Å²) in [5.74, 6) is 0. The smallest absolute Gasteiger partial charge is 0.323 e. The van der Waals surface area contributed by atoms with E-state index in [1.54, 1.807) is 0 Å². The number of nitrogens with one attached hydrogen (secondary N) is 1. The molecule has 0 aliphatic carbocycles. The Balaban J connectivity index is 0.00000196. The number of aryl methyl sites for hydroxylation is 1. The molecule has 0 fully saturated rings. The van der Waals surface area contributed by atoms with Crippen molar-refractivity contribution in [3.8, 4) is 0 Å². The summed E-state index contributed by atoms with van der Waals surface area (Å²) in [6.45, 7) is 8.85. The van der Waals surface area contributed by atoms with Crippen LogP contribution in [0.3, 0.4) is 0 Å². The van der Waals surface area contributed by atoms with Crippen LogP contribution in [-0.4, -0.2) is 6.54 Å². The van der Waals surface area contributed by atoms with Crippen molar-refractivity contribution < 1.29 is 18.9 Å². The van der Waals surface area contributed by atoms with Crippen molar-refractivity contribution in [2.45, 2.75) is 19.9 Å². The summed E-state index contributed by atoms with van der Waals surface area (Å²) in [5.41, 5.74) is 2.70. The van der Waals surface area contributed by atoms with Crippen molar-refractivity contribution in [3.63, 3.8) is 0 Å². The monoisotopic (exact) mass is 195 g/mol. The van der Waals surface area contributed by atoms with Crippen LogP contribution in [0.5, 0.6) is 0 Å².